The largest absolute Gasteiger partial charge is 0.381 e. The maximum Gasteiger partial charge on any atom is 0.236 e. The third-order valence-corrected chi connectivity index (χ3v) is 6.18. The number of nitrogens with one attached hydrogen (secondary N) is 1. The fourth-order valence-electron chi connectivity index (χ4n) is 4.19. The lowest BCUT2D eigenvalue weighted by Crippen LogP contribution is -2.54. The van der Waals surface area contributed by atoms with Crippen molar-refractivity contribution in [2.75, 3.05) is 79.2 Å². The van der Waals surface area contributed by atoms with Gasteiger partial charge >= 0.3 is 0 Å². The molecular weight excluding hydrogens is 358 g/mol. The fourth-order valence-corrected chi connectivity index (χ4v) is 4.19. The van der Waals surface area contributed by atoms with Crippen molar-refractivity contribution >= 4 is 11.9 Å². The van der Waals surface area contributed by atoms with Gasteiger partial charge in [-0.2, -0.15) is 0 Å². The Hall–Kier alpha value is -1.38. The highest BCUT2D eigenvalue weighted by Gasteiger charge is 2.33. The van der Waals surface area contributed by atoms with Gasteiger partial charge in [-0.1, -0.05) is 0 Å². The number of ether oxygens (including phenoxy) is 2. The second-order valence-electron chi connectivity index (χ2n) is 8.02. The molecule has 3 saturated heterocycles. The van der Waals surface area contributed by atoms with Crippen LogP contribution in [0.25, 0.3) is 0 Å². The molecule has 0 aromatic heterocycles. The lowest BCUT2D eigenvalue weighted by atomic mass is 9.94. The van der Waals surface area contributed by atoms with Crippen LogP contribution in [0.4, 0.5) is 0 Å². The van der Waals surface area contributed by atoms with Gasteiger partial charge in [-0.3, -0.25) is 14.7 Å². The molecule has 160 valence electrons. The first-order chi connectivity index (χ1) is 13.7. The lowest BCUT2D eigenvalue weighted by Gasteiger charge is -2.38. The van der Waals surface area contributed by atoms with Crippen molar-refractivity contribution in [3.63, 3.8) is 0 Å². The van der Waals surface area contributed by atoms with Crippen molar-refractivity contribution in [2.24, 2.45) is 4.99 Å². The lowest BCUT2D eigenvalue weighted by molar-refractivity contribution is -0.131. The zero-order valence-electron chi connectivity index (χ0n) is 17.6. The molecule has 3 aliphatic rings. The zero-order valence-corrected chi connectivity index (χ0v) is 17.6. The summed E-state index contributed by atoms with van der Waals surface area (Å²) in [6.07, 6.45) is 4.08. The highest BCUT2D eigenvalue weighted by molar-refractivity contribution is 5.80. The van der Waals surface area contributed by atoms with Crippen molar-refractivity contribution in [1.82, 2.24) is 20.0 Å². The van der Waals surface area contributed by atoms with Crippen LogP contribution in [0.15, 0.2) is 4.99 Å². The number of nitrogens with zero attached hydrogens (tertiary/aromatic N) is 4. The van der Waals surface area contributed by atoms with E-state index in [4.69, 9.17) is 14.5 Å². The van der Waals surface area contributed by atoms with Gasteiger partial charge in [-0.15, -0.1) is 0 Å². The standard InChI is InChI=1S/C20H37N5O3/c1-3-21-19(22-17-20(27-2)6-14-28-15-7-20)25-12-10-23(11-13-25)16-18(26)24-8-4-5-9-24/h3-17H2,1-2H3,(H,21,22). The van der Waals surface area contributed by atoms with Crippen LogP contribution in [-0.2, 0) is 14.3 Å². The molecule has 3 aliphatic heterocycles. The third-order valence-electron chi connectivity index (χ3n) is 6.18. The summed E-state index contributed by atoms with van der Waals surface area (Å²) in [5, 5.41) is 3.43. The van der Waals surface area contributed by atoms with E-state index in [0.29, 0.717) is 13.1 Å². The number of guanidine groups is 1. The number of amides is 1. The molecule has 0 aromatic rings. The molecule has 0 saturated carbocycles. The van der Waals surface area contributed by atoms with E-state index in [0.717, 1.165) is 90.7 Å². The number of hydrogen-bond acceptors (Lipinski definition) is 5. The molecule has 0 radical (unpaired) electrons. The second kappa shape index (κ2) is 10.4. The Morgan fingerprint density at radius 2 is 1.75 bits per heavy atom. The summed E-state index contributed by atoms with van der Waals surface area (Å²) in [5.41, 5.74) is -0.205. The van der Waals surface area contributed by atoms with Crippen molar-refractivity contribution in [1.29, 1.82) is 0 Å². The quantitative estimate of drug-likeness (QED) is 0.518. The maximum absolute atomic E-state index is 12.4. The number of piperazine rings is 1. The Morgan fingerprint density at radius 1 is 1.07 bits per heavy atom. The number of aliphatic imine (C=N–C) groups is 1. The van der Waals surface area contributed by atoms with Gasteiger partial charge in [0, 0.05) is 79.0 Å². The molecule has 3 rings (SSSR count). The van der Waals surface area contributed by atoms with E-state index in [1.807, 2.05) is 4.90 Å². The normalized spacial score (nSPS) is 23.9. The summed E-state index contributed by atoms with van der Waals surface area (Å²) in [7, 11) is 1.78. The smallest absolute Gasteiger partial charge is 0.236 e. The number of methoxy groups -OCH3 is 1. The van der Waals surface area contributed by atoms with Crippen molar-refractivity contribution in [2.45, 2.75) is 38.2 Å². The van der Waals surface area contributed by atoms with E-state index >= 15 is 0 Å². The van der Waals surface area contributed by atoms with Gasteiger partial charge in [-0.25, -0.2) is 0 Å². The Bertz CT molecular complexity index is 522. The molecule has 1 amide bonds. The Morgan fingerprint density at radius 3 is 2.36 bits per heavy atom. The minimum absolute atomic E-state index is 0.205. The number of hydrogen-bond donors (Lipinski definition) is 1. The summed E-state index contributed by atoms with van der Waals surface area (Å²) < 4.78 is 11.3. The van der Waals surface area contributed by atoms with Crippen LogP contribution in [0.5, 0.6) is 0 Å². The van der Waals surface area contributed by atoms with Crippen LogP contribution in [0.3, 0.4) is 0 Å². The van der Waals surface area contributed by atoms with Gasteiger partial charge in [0.2, 0.25) is 5.91 Å². The molecule has 1 N–H and O–H groups in total. The average Bonchev–Trinajstić information content (AvgIpc) is 3.28. The van der Waals surface area contributed by atoms with Crippen LogP contribution in [0.2, 0.25) is 0 Å². The number of rotatable bonds is 6. The third kappa shape index (κ3) is 5.58. The number of carbonyl (C=O) groups excluding carboxylic acids is 1. The SMILES string of the molecule is CCNC(=NCC1(OC)CCOCC1)N1CCN(CC(=O)N2CCCC2)CC1. The van der Waals surface area contributed by atoms with Crippen LogP contribution < -0.4 is 5.32 Å². The molecule has 0 aliphatic carbocycles. The molecular formula is C20H37N5O3. The number of likely N-dealkylation sites (tertiary alicyclic amines) is 1. The topological polar surface area (TPSA) is 69.6 Å². The van der Waals surface area contributed by atoms with Gasteiger partial charge in [0.1, 0.15) is 0 Å². The van der Waals surface area contributed by atoms with E-state index in [1.54, 1.807) is 7.11 Å². The van der Waals surface area contributed by atoms with E-state index in [-0.39, 0.29) is 11.5 Å². The summed E-state index contributed by atoms with van der Waals surface area (Å²) in [6.45, 7) is 11.1. The van der Waals surface area contributed by atoms with Crippen molar-refractivity contribution < 1.29 is 14.3 Å². The summed E-state index contributed by atoms with van der Waals surface area (Å²) in [6, 6.07) is 0. The first-order valence-electron chi connectivity index (χ1n) is 10.8. The molecule has 28 heavy (non-hydrogen) atoms. The molecule has 8 heteroatoms. The Labute approximate surface area is 169 Å². The van der Waals surface area contributed by atoms with E-state index < -0.39 is 0 Å². The van der Waals surface area contributed by atoms with Gasteiger partial charge in [-0.05, 0) is 19.8 Å². The molecule has 0 unspecified atom stereocenters. The van der Waals surface area contributed by atoms with Crippen LogP contribution in [0.1, 0.15) is 32.6 Å². The minimum atomic E-state index is -0.205. The minimum Gasteiger partial charge on any atom is -0.381 e. The zero-order chi connectivity index (χ0) is 19.8. The van der Waals surface area contributed by atoms with Gasteiger partial charge in [0.15, 0.2) is 5.96 Å². The van der Waals surface area contributed by atoms with Crippen LogP contribution >= 0.6 is 0 Å². The first-order valence-corrected chi connectivity index (χ1v) is 10.8. The molecule has 8 nitrogen and oxygen atoms in total. The van der Waals surface area contributed by atoms with Crippen molar-refractivity contribution in [3.8, 4) is 0 Å². The van der Waals surface area contributed by atoms with Gasteiger partial charge < -0.3 is 24.6 Å². The summed E-state index contributed by atoms with van der Waals surface area (Å²) in [4.78, 5) is 23.9. The predicted octanol–water partition coefficient (Wildman–Crippen LogP) is 0.388. The highest BCUT2D eigenvalue weighted by Crippen LogP contribution is 2.25. The molecule has 0 bridgehead atoms. The molecule has 0 atom stereocenters. The average molecular weight is 396 g/mol. The van der Waals surface area contributed by atoms with Crippen LogP contribution in [-0.4, -0.2) is 111 Å². The number of carbonyl (C=O) groups is 1. The Kier molecular flexibility index (Phi) is 7.93. The van der Waals surface area contributed by atoms with Gasteiger partial charge in [0.25, 0.3) is 0 Å². The Balaban J connectivity index is 1.51. The molecule has 3 heterocycles. The maximum atomic E-state index is 12.4. The van der Waals surface area contributed by atoms with Gasteiger partial charge in [0.05, 0.1) is 18.7 Å². The molecule has 0 aromatic carbocycles. The fraction of sp³-hybridized carbons (Fsp3) is 0.900. The summed E-state index contributed by atoms with van der Waals surface area (Å²) in [5.74, 6) is 1.24. The van der Waals surface area contributed by atoms with E-state index in [1.165, 1.54) is 0 Å². The second-order valence-corrected chi connectivity index (χ2v) is 8.02. The monoisotopic (exact) mass is 395 g/mol. The summed E-state index contributed by atoms with van der Waals surface area (Å²) >= 11 is 0. The molecule has 3 fully saturated rings. The van der Waals surface area contributed by atoms with Crippen LogP contribution in [0, 0.1) is 0 Å². The molecule has 0 spiro atoms. The highest BCUT2D eigenvalue weighted by atomic mass is 16.5. The van der Waals surface area contributed by atoms with Crippen molar-refractivity contribution in [3.05, 3.63) is 0 Å². The predicted molar refractivity (Wildman–Crippen MR) is 110 cm³/mol. The first kappa shape index (κ1) is 21.3. The van der Waals surface area contributed by atoms with E-state index in [9.17, 15) is 4.79 Å². The van der Waals surface area contributed by atoms with E-state index in [2.05, 4.69) is 22.0 Å².